The summed E-state index contributed by atoms with van der Waals surface area (Å²) in [6.07, 6.45) is 1.67. The Balaban J connectivity index is 2.16. The summed E-state index contributed by atoms with van der Waals surface area (Å²) in [4.78, 5) is 26.6. The van der Waals surface area contributed by atoms with Crippen LogP contribution in [0.4, 0.5) is 0 Å². The number of amides is 1. The lowest BCUT2D eigenvalue weighted by Gasteiger charge is -2.27. The predicted molar refractivity (Wildman–Crippen MR) is 85.7 cm³/mol. The molecule has 23 heavy (non-hydrogen) atoms. The predicted octanol–water partition coefficient (Wildman–Crippen LogP) is 2.70. The van der Waals surface area contributed by atoms with Crippen molar-refractivity contribution in [2.45, 2.75) is 51.7 Å². The maximum absolute atomic E-state index is 12.7. The van der Waals surface area contributed by atoms with Crippen molar-refractivity contribution in [3.63, 3.8) is 0 Å². The van der Waals surface area contributed by atoms with Gasteiger partial charge in [0.1, 0.15) is 11.6 Å². The van der Waals surface area contributed by atoms with E-state index in [4.69, 9.17) is 10.00 Å². The first-order chi connectivity index (χ1) is 10.8. The third-order valence-electron chi connectivity index (χ3n) is 3.65. The number of carbonyl (C=O) groups excluding carboxylic acids is 2. The molecular formula is C18H22N2O3. The highest BCUT2D eigenvalue weighted by molar-refractivity contribution is 5.97. The number of ether oxygens (including phenoxy) is 1. The molecule has 5 heteroatoms. The highest BCUT2D eigenvalue weighted by Gasteiger charge is 2.37. The number of carbonyl (C=O) groups is 2. The molecule has 1 saturated heterocycles. The summed E-state index contributed by atoms with van der Waals surface area (Å²) < 4.78 is 5.42. The van der Waals surface area contributed by atoms with Crippen LogP contribution in [0.1, 0.15) is 49.5 Å². The van der Waals surface area contributed by atoms with Crippen LogP contribution in [0.2, 0.25) is 0 Å². The van der Waals surface area contributed by atoms with Crippen LogP contribution in [0.3, 0.4) is 0 Å². The monoisotopic (exact) mass is 314 g/mol. The van der Waals surface area contributed by atoms with E-state index in [-0.39, 0.29) is 18.3 Å². The van der Waals surface area contributed by atoms with Crippen LogP contribution >= 0.6 is 0 Å². The molecule has 1 aromatic rings. The van der Waals surface area contributed by atoms with Crippen molar-refractivity contribution in [1.82, 2.24) is 4.90 Å². The van der Waals surface area contributed by atoms with Gasteiger partial charge >= 0.3 is 5.97 Å². The van der Waals surface area contributed by atoms with E-state index >= 15 is 0 Å². The number of likely N-dealkylation sites (tertiary alicyclic amines) is 1. The number of esters is 1. The molecule has 122 valence electrons. The summed E-state index contributed by atoms with van der Waals surface area (Å²) in [6, 6.07) is 8.56. The van der Waals surface area contributed by atoms with Crippen LogP contribution in [-0.2, 0) is 16.0 Å². The lowest BCUT2D eigenvalue weighted by atomic mass is 10.1. The topological polar surface area (TPSA) is 70.4 Å². The Morgan fingerprint density at radius 1 is 1.39 bits per heavy atom. The summed E-state index contributed by atoms with van der Waals surface area (Å²) in [7, 11) is 0. The molecule has 1 aliphatic heterocycles. The first kappa shape index (κ1) is 17.0. The van der Waals surface area contributed by atoms with Crippen molar-refractivity contribution < 1.29 is 14.3 Å². The van der Waals surface area contributed by atoms with Gasteiger partial charge in [0.05, 0.1) is 12.5 Å². The highest BCUT2D eigenvalue weighted by Crippen LogP contribution is 2.23. The van der Waals surface area contributed by atoms with Crippen LogP contribution in [0.25, 0.3) is 0 Å². The number of hydrogen-bond donors (Lipinski definition) is 0. The Kier molecular flexibility index (Phi) is 5.05. The van der Waals surface area contributed by atoms with Crippen LogP contribution in [0.15, 0.2) is 24.3 Å². The minimum Gasteiger partial charge on any atom is -0.458 e. The molecular weight excluding hydrogens is 292 g/mol. The van der Waals surface area contributed by atoms with Gasteiger partial charge in [0.2, 0.25) is 0 Å². The average molecular weight is 314 g/mol. The number of rotatable bonds is 3. The molecule has 1 amide bonds. The maximum atomic E-state index is 12.7. The zero-order valence-corrected chi connectivity index (χ0v) is 13.8. The second-order valence-electron chi connectivity index (χ2n) is 6.73. The zero-order chi connectivity index (χ0) is 17.0. The second-order valence-corrected chi connectivity index (χ2v) is 6.73. The van der Waals surface area contributed by atoms with Gasteiger partial charge in [-0.1, -0.05) is 12.1 Å². The fourth-order valence-corrected chi connectivity index (χ4v) is 2.70. The molecule has 0 bridgehead atoms. The number of benzene rings is 1. The molecule has 1 aliphatic rings. The van der Waals surface area contributed by atoms with E-state index in [0.29, 0.717) is 18.5 Å². The van der Waals surface area contributed by atoms with Gasteiger partial charge in [0.15, 0.2) is 0 Å². The van der Waals surface area contributed by atoms with Gasteiger partial charge in [-0.05, 0) is 51.3 Å². The molecule has 1 fully saturated rings. The Morgan fingerprint density at radius 2 is 2.13 bits per heavy atom. The molecule has 0 aromatic heterocycles. The highest BCUT2D eigenvalue weighted by atomic mass is 16.6. The fraction of sp³-hybridized carbons (Fsp3) is 0.500. The van der Waals surface area contributed by atoms with Crippen molar-refractivity contribution in [2.24, 2.45) is 0 Å². The summed E-state index contributed by atoms with van der Waals surface area (Å²) >= 11 is 0. The maximum Gasteiger partial charge on any atom is 0.329 e. The van der Waals surface area contributed by atoms with Gasteiger partial charge in [-0.25, -0.2) is 4.79 Å². The minimum absolute atomic E-state index is 0.182. The van der Waals surface area contributed by atoms with E-state index in [1.807, 2.05) is 26.8 Å². The van der Waals surface area contributed by atoms with E-state index in [1.165, 1.54) is 0 Å². The molecule has 1 atom stereocenters. The molecule has 0 aliphatic carbocycles. The summed E-state index contributed by atoms with van der Waals surface area (Å²) in [5.74, 6) is -0.533. The molecule has 0 N–H and O–H groups in total. The van der Waals surface area contributed by atoms with Crippen LogP contribution < -0.4 is 0 Å². The van der Waals surface area contributed by atoms with Gasteiger partial charge in [-0.2, -0.15) is 5.26 Å². The van der Waals surface area contributed by atoms with Gasteiger partial charge in [0.25, 0.3) is 5.91 Å². The van der Waals surface area contributed by atoms with Crippen molar-refractivity contribution in [1.29, 1.82) is 5.26 Å². The second kappa shape index (κ2) is 6.82. The molecule has 2 rings (SSSR count). The number of hydrogen-bond acceptors (Lipinski definition) is 4. The normalized spacial score (nSPS) is 17.7. The van der Waals surface area contributed by atoms with Crippen LogP contribution in [0.5, 0.6) is 0 Å². The first-order valence-corrected chi connectivity index (χ1v) is 7.81. The van der Waals surface area contributed by atoms with E-state index in [0.717, 1.165) is 12.0 Å². The summed E-state index contributed by atoms with van der Waals surface area (Å²) in [5, 5.41) is 8.78. The Bertz CT molecular complexity index is 640. The molecule has 0 unspecified atom stereocenters. The van der Waals surface area contributed by atoms with Crippen molar-refractivity contribution in [3.05, 3.63) is 35.4 Å². The fourth-order valence-electron chi connectivity index (χ4n) is 2.70. The summed E-state index contributed by atoms with van der Waals surface area (Å²) in [5.41, 5.74) is 0.737. The van der Waals surface area contributed by atoms with Crippen LogP contribution in [-0.4, -0.2) is 35.0 Å². The van der Waals surface area contributed by atoms with E-state index in [2.05, 4.69) is 6.07 Å². The van der Waals surface area contributed by atoms with Crippen LogP contribution in [0, 0.1) is 11.3 Å². The molecule has 5 nitrogen and oxygen atoms in total. The summed E-state index contributed by atoms with van der Waals surface area (Å²) in [6.45, 7) is 6.00. The third kappa shape index (κ3) is 4.32. The standard InChI is InChI=1S/C18H22N2O3/c1-18(2,3)23-17(22)15-8-5-11-20(15)16(21)14-7-4-6-13(12-14)9-10-19/h4,6-7,12,15H,5,8-9,11H2,1-3H3/t15-/m1/s1. The van der Waals surface area contributed by atoms with Gasteiger partial charge in [-0.3, -0.25) is 4.79 Å². The Labute approximate surface area is 136 Å². The Hall–Kier alpha value is -2.35. The lowest BCUT2D eigenvalue weighted by Crippen LogP contribution is -2.43. The molecule has 0 radical (unpaired) electrons. The quantitative estimate of drug-likeness (QED) is 0.804. The van der Waals surface area contributed by atoms with E-state index < -0.39 is 11.6 Å². The molecule has 1 aromatic carbocycles. The average Bonchev–Trinajstić information content (AvgIpc) is 2.95. The molecule has 0 spiro atoms. The minimum atomic E-state index is -0.568. The molecule has 0 saturated carbocycles. The van der Waals surface area contributed by atoms with E-state index in [1.54, 1.807) is 23.1 Å². The lowest BCUT2D eigenvalue weighted by molar-refractivity contribution is -0.159. The van der Waals surface area contributed by atoms with Gasteiger partial charge in [-0.15, -0.1) is 0 Å². The van der Waals surface area contributed by atoms with Crippen molar-refractivity contribution in [3.8, 4) is 6.07 Å². The van der Waals surface area contributed by atoms with Crippen molar-refractivity contribution >= 4 is 11.9 Å². The largest absolute Gasteiger partial charge is 0.458 e. The number of nitriles is 1. The Morgan fingerprint density at radius 3 is 2.78 bits per heavy atom. The molecule has 1 heterocycles. The zero-order valence-electron chi connectivity index (χ0n) is 13.8. The van der Waals surface area contributed by atoms with E-state index in [9.17, 15) is 9.59 Å². The van der Waals surface area contributed by atoms with Gasteiger partial charge in [0, 0.05) is 12.1 Å². The van der Waals surface area contributed by atoms with Crippen molar-refractivity contribution in [2.75, 3.05) is 6.54 Å². The smallest absolute Gasteiger partial charge is 0.329 e. The van der Waals surface area contributed by atoms with Gasteiger partial charge < -0.3 is 9.64 Å². The SMILES string of the molecule is CC(C)(C)OC(=O)[C@H]1CCCN1C(=O)c1cccc(CC#N)c1. The first-order valence-electron chi connectivity index (χ1n) is 7.81. The number of nitrogens with zero attached hydrogens (tertiary/aromatic N) is 2. The third-order valence-corrected chi connectivity index (χ3v) is 3.65.